The maximum Gasteiger partial charge on any atom is 0.333 e. The lowest BCUT2D eigenvalue weighted by atomic mass is 9.71. The van der Waals surface area contributed by atoms with Crippen molar-refractivity contribution in [2.75, 3.05) is 0 Å². The number of carbonyl (C=O) groups excluding carboxylic acids is 8. The van der Waals surface area contributed by atoms with E-state index in [0.29, 0.717) is 34.4 Å². The molecule has 1 saturated carbocycles. The molecule has 89 heavy (non-hydrogen) atoms. The first kappa shape index (κ1) is 57.2. The van der Waals surface area contributed by atoms with E-state index in [1.54, 1.807) is 121 Å². The van der Waals surface area contributed by atoms with E-state index in [-0.39, 0.29) is 92.9 Å². The second-order valence-corrected chi connectivity index (χ2v) is 25.8. The number of rotatable bonds is 14. The van der Waals surface area contributed by atoms with Crippen molar-refractivity contribution in [2.24, 2.45) is 11.8 Å². The minimum absolute atomic E-state index is 0.0212. The highest BCUT2D eigenvalue weighted by Gasteiger charge is 2.65. The molecule has 4 heterocycles. The number of hydrogen-bond acceptors (Lipinski definition) is 16. The molecule has 440 valence electrons. The molecule has 5 aliphatic rings. The number of fused-ring (bicyclic) bond motifs is 11. The van der Waals surface area contributed by atoms with Gasteiger partial charge in [0.25, 0.3) is 0 Å². The van der Waals surface area contributed by atoms with Crippen LogP contribution in [0.5, 0.6) is 0 Å². The third-order valence-electron chi connectivity index (χ3n) is 16.3. The molecular weight excluding hydrogens is 1230 g/mol. The number of ether oxygens (including phenoxy) is 4. The lowest BCUT2D eigenvalue weighted by Gasteiger charge is -2.31. The molecule has 2 atom stereocenters. The molecule has 9 aromatic rings. The zero-order chi connectivity index (χ0) is 61.6. The number of carbonyl (C=O) groups is 8. The number of allylic oxidation sites excluding steroid dienone is 6. The Morgan fingerprint density at radius 3 is 1.38 bits per heavy atom. The average molecular weight is 1270 g/mol. The summed E-state index contributed by atoms with van der Waals surface area (Å²) in [5.74, 6) is -15.2. The molecule has 14 rings (SSSR count). The lowest BCUT2D eigenvalue weighted by molar-refractivity contribution is -0.166. The van der Waals surface area contributed by atoms with E-state index in [4.69, 9.17) is 18.9 Å². The summed E-state index contributed by atoms with van der Waals surface area (Å²) in [7, 11) is 0. The van der Waals surface area contributed by atoms with Crippen LogP contribution in [0.1, 0.15) is 76.6 Å². The van der Waals surface area contributed by atoms with Crippen LogP contribution >= 0.6 is 45.3 Å². The lowest BCUT2D eigenvalue weighted by Crippen LogP contribution is -2.46. The Kier molecular flexibility index (Phi) is 14.3. The molecule has 0 amide bonds. The van der Waals surface area contributed by atoms with Crippen molar-refractivity contribution < 1.29 is 74.9 Å². The van der Waals surface area contributed by atoms with Crippen molar-refractivity contribution in [1.82, 2.24) is 0 Å². The summed E-state index contributed by atoms with van der Waals surface area (Å²) >= 11 is 4.03. The van der Waals surface area contributed by atoms with Crippen LogP contribution in [0, 0.1) is 23.5 Å². The summed E-state index contributed by atoms with van der Waals surface area (Å²) in [6.07, 6.45) is 3.53. The highest BCUT2D eigenvalue weighted by Crippen LogP contribution is 2.67. The third-order valence-corrected chi connectivity index (χ3v) is 21.3. The summed E-state index contributed by atoms with van der Waals surface area (Å²) in [5.41, 5.74) is -4.20. The van der Waals surface area contributed by atoms with Crippen LogP contribution in [0.4, 0.5) is 17.6 Å². The fourth-order valence-corrected chi connectivity index (χ4v) is 18.0. The van der Waals surface area contributed by atoms with Crippen LogP contribution < -0.4 is 0 Å². The van der Waals surface area contributed by atoms with Crippen LogP contribution in [-0.2, 0) is 89.8 Å². The molecule has 0 saturated heterocycles. The van der Waals surface area contributed by atoms with Crippen molar-refractivity contribution in [3.8, 4) is 19.5 Å². The summed E-state index contributed by atoms with van der Waals surface area (Å²) in [6, 6.07) is 38.9. The van der Waals surface area contributed by atoms with Gasteiger partial charge in [0.05, 0.1) is 47.2 Å². The van der Waals surface area contributed by atoms with Gasteiger partial charge in [0.15, 0.2) is 5.78 Å². The number of thiophene rings is 4. The van der Waals surface area contributed by atoms with Crippen LogP contribution in [0.15, 0.2) is 175 Å². The predicted octanol–water partition coefficient (Wildman–Crippen LogP) is 14.1. The molecule has 1 fully saturated rings. The van der Waals surface area contributed by atoms with Crippen molar-refractivity contribution in [2.45, 2.75) is 43.7 Å². The Bertz CT molecular complexity index is 4590. The van der Waals surface area contributed by atoms with Crippen molar-refractivity contribution in [3.63, 3.8) is 0 Å². The maximum absolute atomic E-state index is 15.9. The Morgan fingerprint density at radius 2 is 0.944 bits per heavy atom. The predicted molar refractivity (Wildman–Crippen MR) is 324 cm³/mol. The first-order valence-corrected chi connectivity index (χ1v) is 30.9. The van der Waals surface area contributed by atoms with E-state index in [0.717, 1.165) is 57.5 Å². The molecule has 0 radical (unpaired) electrons. The number of hydrogen-bond donors (Lipinski definition) is 0. The van der Waals surface area contributed by atoms with Gasteiger partial charge in [-0.05, 0) is 58.7 Å². The molecule has 2 unspecified atom stereocenters. The second-order valence-electron chi connectivity index (χ2n) is 21.6. The van der Waals surface area contributed by atoms with Gasteiger partial charge in [-0.1, -0.05) is 121 Å². The molecule has 0 N–H and O–H groups in total. The summed E-state index contributed by atoms with van der Waals surface area (Å²) in [5, 5.41) is 0. The first-order chi connectivity index (χ1) is 43.1. The van der Waals surface area contributed by atoms with E-state index < -0.39 is 116 Å². The molecule has 5 aliphatic carbocycles. The largest absolute Gasteiger partial charge is 0.459 e. The van der Waals surface area contributed by atoms with Crippen LogP contribution in [-0.4, -0.2) is 47.0 Å². The molecule has 0 aliphatic heterocycles. The van der Waals surface area contributed by atoms with Gasteiger partial charge in [-0.25, -0.2) is 17.6 Å². The maximum atomic E-state index is 15.9. The minimum atomic E-state index is -2.56. The average Bonchev–Trinajstić information content (AvgIpc) is 1.49. The summed E-state index contributed by atoms with van der Waals surface area (Å²) < 4.78 is 86.3. The standard InChI is InChI=1S/C69H40F4O12S4/c70-38-21-42-50(74)29-51(75)43(52(42)48(72)23-38)25-40-27-46-58(86-40)60-54(68(46,64(78)82-30-34-13-5-1-6-14-34)65(79)83-31-35-15-7-2-8-16-35)62-63(88-60)55-61(89-62)59-47(28-41(87-59)26-45-53-44(56(76)57(45)77)22-39(71)24-49(53)73)69(55,66(80)84-32-36-17-9-3-10-18-36)67(81)85-33-37-19-11-4-12-20-37/h1-28,42,52H,29-33H2/b43-25+,45-26-. The van der Waals surface area contributed by atoms with Crippen molar-refractivity contribution >= 4 is 119 Å². The Morgan fingerprint density at radius 1 is 0.517 bits per heavy atom. The van der Waals surface area contributed by atoms with E-state index in [9.17, 15) is 28.0 Å². The number of Topliss-reactive ketones (excluding diaryl/α,β-unsaturated/α-hetero) is 4. The molecule has 0 spiro atoms. The second kappa shape index (κ2) is 22.2. The number of esters is 4. The topological polar surface area (TPSA) is 173 Å². The molecule has 20 heteroatoms. The van der Waals surface area contributed by atoms with Gasteiger partial charge >= 0.3 is 23.9 Å². The fourth-order valence-electron chi connectivity index (χ4n) is 12.3. The van der Waals surface area contributed by atoms with Gasteiger partial charge in [0.1, 0.15) is 55.5 Å². The molecule has 5 aromatic carbocycles. The number of ketones is 4. The Hall–Kier alpha value is -9.60. The first-order valence-electron chi connectivity index (χ1n) is 27.6. The van der Waals surface area contributed by atoms with Crippen molar-refractivity contribution in [1.29, 1.82) is 0 Å². The smallest absolute Gasteiger partial charge is 0.333 e. The fraction of sp³-hybridized carbons (Fsp3) is 0.130. The Labute approximate surface area is 518 Å². The zero-order valence-electron chi connectivity index (χ0n) is 45.9. The normalized spacial score (nSPS) is 18.2. The van der Waals surface area contributed by atoms with Gasteiger partial charge in [-0.15, -0.1) is 45.3 Å². The highest BCUT2D eigenvalue weighted by molar-refractivity contribution is 7.34. The third kappa shape index (κ3) is 9.25. The summed E-state index contributed by atoms with van der Waals surface area (Å²) in [4.78, 5) is 119. The minimum Gasteiger partial charge on any atom is -0.459 e. The quantitative estimate of drug-likeness (QED) is 0.0252. The molecular formula is C69H40F4O12S4. The highest BCUT2D eigenvalue weighted by atomic mass is 32.1. The summed E-state index contributed by atoms with van der Waals surface area (Å²) in [6.45, 7) is -1.38. The van der Waals surface area contributed by atoms with E-state index >= 15 is 28.0 Å². The van der Waals surface area contributed by atoms with Crippen LogP contribution in [0.2, 0.25) is 0 Å². The van der Waals surface area contributed by atoms with Gasteiger partial charge in [0, 0.05) is 66.4 Å². The van der Waals surface area contributed by atoms with Crippen LogP contribution in [0.25, 0.3) is 46.6 Å². The number of halogens is 4. The Balaban J connectivity index is 1.02. The van der Waals surface area contributed by atoms with Gasteiger partial charge < -0.3 is 18.9 Å². The molecule has 12 nitrogen and oxygen atoms in total. The van der Waals surface area contributed by atoms with Gasteiger partial charge in [-0.3, -0.25) is 38.4 Å². The molecule has 4 aromatic heterocycles. The number of benzene rings is 5. The SMILES string of the molecule is O=C1C(=O)c2cc(F)cc(F)c2/C1=C/c1cc2c(s1)-c1sc3c4c(sc3c1C2(C(=O)OCc1ccccc1)C(=O)OCc1ccccc1)-c1sc(/C=C2\C(=O)CC(=O)C3C=C(F)C=C(F)C23)cc1C4(C(=O)OCc1ccccc1)C(=O)OCc1ccccc1. The van der Waals surface area contributed by atoms with Crippen LogP contribution in [0.3, 0.4) is 0 Å². The monoisotopic (exact) mass is 1260 g/mol. The van der Waals surface area contributed by atoms with E-state index in [2.05, 4.69) is 0 Å². The van der Waals surface area contributed by atoms with Gasteiger partial charge in [0.2, 0.25) is 22.4 Å². The van der Waals surface area contributed by atoms with Gasteiger partial charge in [-0.2, -0.15) is 0 Å². The van der Waals surface area contributed by atoms with E-state index in [1.165, 1.54) is 24.3 Å². The van der Waals surface area contributed by atoms with E-state index in [1.807, 2.05) is 0 Å². The molecule has 0 bridgehead atoms. The zero-order valence-corrected chi connectivity index (χ0v) is 49.2. The van der Waals surface area contributed by atoms with Crippen molar-refractivity contribution in [3.05, 3.63) is 252 Å².